The van der Waals surface area contributed by atoms with Gasteiger partial charge in [0.25, 0.3) is 0 Å². The van der Waals surface area contributed by atoms with Crippen LogP contribution in [0.2, 0.25) is 0 Å². The van der Waals surface area contributed by atoms with E-state index in [1.165, 1.54) is 0 Å². The fraction of sp³-hybridized carbons (Fsp3) is 0.316. The Morgan fingerprint density at radius 1 is 1.24 bits per heavy atom. The molecule has 2 heterocycles. The van der Waals surface area contributed by atoms with Crippen molar-refractivity contribution < 1.29 is 4.79 Å². The van der Waals surface area contributed by atoms with Crippen LogP contribution in [0.15, 0.2) is 36.5 Å². The highest BCUT2D eigenvalue weighted by atomic mass is 16.1. The van der Waals surface area contributed by atoms with Gasteiger partial charge in [-0.1, -0.05) is 12.1 Å². The third kappa shape index (κ3) is 3.79. The predicted octanol–water partition coefficient (Wildman–Crippen LogP) is 2.91. The number of carbonyl (C=O) groups is 1. The minimum absolute atomic E-state index is 0.0145. The average Bonchev–Trinajstić information content (AvgIpc) is 2.87. The molecule has 3 rings (SSSR count). The molecule has 0 bridgehead atoms. The molecule has 1 N–H and O–H groups in total. The zero-order valence-electron chi connectivity index (χ0n) is 15.1. The number of aryl methyl sites for hydroxylation is 3. The van der Waals surface area contributed by atoms with Crippen molar-refractivity contribution in [2.75, 3.05) is 24.3 Å². The van der Waals surface area contributed by atoms with Gasteiger partial charge in [0.2, 0.25) is 5.91 Å². The minimum Gasteiger partial charge on any atom is -0.378 e. The molecule has 0 saturated heterocycles. The number of pyridine rings is 1. The highest BCUT2D eigenvalue weighted by molar-refractivity contribution is 5.93. The van der Waals surface area contributed by atoms with Gasteiger partial charge in [-0.3, -0.25) is 9.48 Å². The summed E-state index contributed by atoms with van der Waals surface area (Å²) in [6, 6.07) is 10.2. The number of amides is 1. The monoisotopic (exact) mass is 337 g/mol. The largest absolute Gasteiger partial charge is 0.378 e. The summed E-state index contributed by atoms with van der Waals surface area (Å²) in [6.07, 6.45) is 2.82. The molecule has 0 aliphatic heterocycles. The minimum atomic E-state index is -0.0145. The number of fused-ring (bicyclic) bond motifs is 1. The summed E-state index contributed by atoms with van der Waals surface area (Å²) in [7, 11) is 5.89. The number of carbonyl (C=O) groups excluding carboxylic acids is 1. The first kappa shape index (κ1) is 17.0. The van der Waals surface area contributed by atoms with Gasteiger partial charge in [0, 0.05) is 38.6 Å². The number of nitrogens with one attached hydrogen (secondary N) is 1. The van der Waals surface area contributed by atoms with Crippen LogP contribution < -0.4 is 10.2 Å². The van der Waals surface area contributed by atoms with Crippen molar-refractivity contribution in [3.05, 3.63) is 47.8 Å². The predicted molar refractivity (Wildman–Crippen MR) is 101 cm³/mol. The normalized spacial score (nSPS) is 10.9. The Morgan fingerprint density at radius 2 is 1.96 bits per heavy atom. The Hall–Kier alpha value is -2.89. The zero-order chi connectivity index (χ0) is 18.0. The van der Waals surface area contributed by atoms with Crippen molar-refractivity contribution in [1.29, 1.82) is 0 Å². The van der Waals surface area contributed by atoms with E-state index in [1.807, 2.05) is 34.1 Å². The molecule has 0 spiro atoms. The Morgan fingerprint density at radius 3 is 2.64 bits per heavy atom. The summed E-state index contributed by atoms with van der Waals surface area (Å²) in [4.78, 5) is 18.7. The summed E-state index contributed by atoms with van der Waals surface area (Å²) >= 11 is 0. The standard InChI is InChI=1S/C19H23N5O/c1-13-17-11-15(12-20-19(17)24(4)22-13)21-18(25)10-7-14-5-8-16(9-6-14)23(2)3/h5-6,8-9,11-12H,7,10H2,1-4H3,(H,21,25). The van der Waals surface area contributed by atoms with Gasteiger partial charge >= 0.3 is 0 Å². The van der Waals surface area contributed by atoms with Crippen molar-refractivity contribution in [1.82, 2.24) is 14.8 Å². The molecule has 0 fully saturated rings. The van der Waals surface area contributed by atoms with Crippen LogP contribution in [0.3, 0.4) is 0 Å². The molecule has 6 heteroatoms. The Labute approximate surface area is 147 Å². The van der Waals surface area contributed by atoms with Crippen molar-refractivity contribution in [2.24, 2.45) is 7.05 Å². The van der Waals surface area contributed by atoms with Gasteiger partial charge < -0.3 is 10.2 Å². The van der Waals surface area contributed by atoms with Gasteiger partial charge in [0.05, 0.1) is 17.6 Å². The Bertz CT molecular complexity index is 896. The molecule has 0 aliphatic rings. The lowest BCUT2D eigenvalue weighted by Crippen LogP contribution is -2.12. The summed E-state index contributed by atoms with van der Waals surface area (Å²) in [5.41, 5.74) is 4.73. The summed E-state index contributed by atoms with van der Waals surface area (Å²) < 4.78 is 1.74. The molecular formula is C19H23N5O. The zero-order valence-corrected chi connectivity index (χ0v) is 15.1. The van der Waals surface area contributed by atoms with E-state index in [4.69, 9.17) is 0 Å². The number of nitrogens with zero attached hydrogens (tertiary/aromatic N) is 4. The summed E-state index contributed by atoms with van der Waals surface area (Å²) in [6.45, 7) is 1.94. The van der Waals surface area contributed by atoms with Crippen molar-refractivity contribution in [2.45, 2.75) is 19.8 Å². The van der Waals surface area contributed by atoms with Gasteiger partial charge in [0.15, 0.2) is 5.65 Å². The number of benzene rings is 1. The molecule has 0 unspecified atom stereocenters. The fourth-order valence-corrected chi connectivity index (χ4v) is 2.82. The molecule has 0 aliphatic carbocycles. The maximum atomic E-state index is 12.2. The molecular weight excluding hydrogens is 314 g/mol. The van der Waals surface area contributed by atoms with Crippen LogP contribution in [0.4, 0.5) is 11.4 Å². The number of hydrogen-bond acceptors (Lipinski definition) is 4. The van der Waals surface area contributed by atoms with Crippen molar-refractivity contribution in [3.8, 4) is 0 Å². The van der Waals surface area contributed by atoms with Crippen molar-refractivity contribution in [3.63, 3.8) is 0 Å². The molecule has 0 radical (unpaired) electrons. The van der Waals surface area contributed by atoms with Crippen LogP contribution in [0, 0.1) is 6.92 Å². The van der Waals surface area contributed by atoms with Crippen LogP contribution in [0.1, 0.15) is 17.7 Å². The number of aromatic nitrogens is 3. The van der Waals surface area contributed by atoms with Gasteiger partial charge in [-0.25, -0.2) is 4.98 Å². The lowest BCUT2D eigenvalue weighted by Gasteiger charge is -2.12. The highest BCUT2D eigenvalue weighted by Crippen LogP contribution is 2.19. The second-order valence-electron chi connectivity index (χ2n) is 6.41. The van der Waals surface area contributed by atoms with E-state index in [9.17, 15) is 4.79 Å². The first-order valence-corrected chi connectivity index (χ1v) is 8.29. The van der Waals surface area contributed by atoms with Crippen molar-refractivity contribution >= 4 is 28.3 Å². The van der Waals surface area contributed by atoms with E-state index in [-0.39, 0.29) is 5.91 Å². The second kappa shape index (κ2) is 6.93. The Balaban J connectivity index is 1.61. The van der Waals surface area contributed by atoms with E-state index in [1.54, 1.807) is 10.9 Å². The topological polar surface area (TPSA) is 63.1 Å². The summed E-state index contributed by atoms with van der Waals surface area (Å²) in [5.74, 6) is -0.0145. The maximum Gasteiger partial charge on any atom is 0.224 e. The molecule has 130 valence electrons. The van der Waals surface area contributed by atoms with Crippen LogP contribution >= 0.6 is 0 Å². The second-order valence-corrected chi connectivity index (χ2v) is 6.41. The molecule has 1 amide bonds. The quantitative estimate of drug-likeness (QED) is 0.777. The van der Waals surface area contributed by atoms with E-state index < -0.39 is 0 Å². The fourth-order valence-electron chi connectivity index (χ4n) is 2.82. The third-order valence-electron chi connectivity index (χ3n) is 4.24. The molecule has 1 aromatic carbocycles. The van der Waals surface area contributed by atoms with E-state index in [0.717, 1.165) is 28.0 Å². The molecule has 3 aromatic rings. The van der Waals surface area contributed by atoms with Crippen LogP contribution in [0.25, 0.3) is 11.0 Å². The van der Waals surface area contributed by atoms with Crippen LogP contribution in [-0.2, 0) is 18.3 Å². The summed E-state index contributed by atoms with van der Waals surface area (Å²) in [5, 5.41) is 8.23. The van der Waals surface area contributed by atoms with Gasteiger partial charge in [-0.15, -0.1) is 0 Å². The van der Waals surface area contributed by atoms with E-state index in [0.29, 0.717) is 18.5 Å². The molecule has 0 saturated carbocycles. The molecule has 2 aromatic heterocycles. The third-order valence-corrected chi connectivity index (χ3v) is 4.24. The molecule has 25 heavy (non-hydrogen) atoms. The number of hydrogen-bond donors (Lipinski definition) is 1. The SMILES string of the molecule is Cc1nn(C)c2ncc(NC(=O)CCc3ccc(N(C)C)cc3)cc12. The smallest absolute Gasteiger partial charge is 0.224 e. The maximum absolute atomic E-state index is 12.2. The molecule has 0 atom stereocenters. The van der Waals surface area contributed by atoms with E-state index >= 15 is 0 Å². The van der Waals surface area contributed by atoms with E-state index in [2.05, 4.69) is 44.6 Å². The van der Waals surface area contributed by atoms with Gasteiger partial charge in [0.1, 0.15) is 0 Å². The Kier molecular flexibility index (Phi) is 4.70. The van der Waals surface area contributed by atoms with Gasteiger partial charge in [-0.2, -0.15) is 5.10 Å². The average molecular weight is 337 g/mol. The lowest BCUT2D eigenvalue weighted by atomic mass is 10.1. The number of rotatable bonds is 5. The van der Waals surface area contributed by atoms with Crippen LogP contribution in [0.5, 0.6) is 0 Å². The molecule has 6 nitrogen and oxygen atoms in total. The first-order valence-electron chi connectivity index (χ1n) is 8.29. The van der Waals surface area contributed by atoms with Gasteiger partial charge in [-0.05, 0) is 37.1 Å². The van der Waals surface area contributed by atoms with Crippen LogP contribution in [-0.4, -0.2) is 34.8 Å². The lowest BCUT2D eigenvalue weighted by molar-refractivity contribution is -0.116. The first-order chi connectivity index (χ1) is 11.9. The highest BCUT2D eigenvalue weighted by Gasteiger charge is 2.09. The number of anilines is 2.